The minimum atomic E-state index is -0.566. The summed E-state index contributed by atoms with van der Waals surface area (Å²) in [6.45, 7) is 5.82. The number of carbonyl (C=O) groups excluding carboxylic acids is 3. The van der Waals surface area contributed by atoms with Crippen LogP contribution in [0, 0.1) is 5.92 Å². The number of amides is 4. The van der Waals surface area contributed by atoms with E-state index in [4.69, 9.17) is 0 Å². The molecule has 0 aliphatic carbocycles. The van der Waals surface area contributed by atoms with Gasteiger partial charge in [0.15, 0.2) is 0 Å². The molecule has 0 radical (unpaired) electrons. The first-order valence-electron chi connectivity index (χ1n) is 7.38. The molecule has 118 valence electrons. The molecule has 1 aromatic rings. The van der Waals surface area contributed by atoms with Crippen LogP contribution in [0.2, 0.25) is 0 Å². The van der Waals surface area contributed by atoms with Crippen molar-refractivity contribution in [2.75, 3.05) is 5.32 Å². The van der Waals surface area contributed by atoms with Gasteiger partial charge < -0.3 is 10.6 Å². The Balaban J connectivity index is 2.04. The summed E-state index contributed by atoms with van der Waals surface area (Å²) in [5, 5.41) is 7.66. The van der Waals surface area contributed by atoms with Crippen molar-refractivity contribution in [1.29, 1.82) is 0 Å². The van der Waals surface area contributed by atoms with E-state index < -0.39 is 17.9 Å². The molecule has 6 nitrogen and oxygen atoms in total. The molecule has 0 aromatic heterocycles. The molecule has 0 spiro atoms. The second-order valence-corrected chi connectivity index (χ2v) is 5.85. The van der Waals surface area contributed by atoms with Gasteiger partial charge in [-0.05, 0) is 24.5 Å². The number of imide groups is 1. The summed E-state index contributed by atoms with van der Waals surface area (Å²) in [5.41, 5.74) is 1.81. The second kappa shape index (κ2) is 6.60. The summed E-state index contributed by atoms with van der Waals surface area (Å²) in [5.74, 6) is -0.934. The SMILES string of the molecule is CC(C)c1ccccc1NC(=O)CC1C(=O)NC(=O)NC1C. The van der Waals surface area contributed by atoms with E-state index in [-0.39, 0.29) is 24.3 Å². The molecule has 1 aliphatic rings. The summed E-state index contributed by atoms with van der Waals surface area (Å²) in [4.78, 5) is 35.2. The molecular formula is C16H21N3O3. The first-order valence-corrected chi connectivity index (χ1v) is 7.38. The molecule has 1 aromatic carbocycles. The van der Waals surface area contributed by atoms with Crippen molar-refractivity contribution < 1.29 is 14.4 Å². The van der Waals surface area contributed by atoms with E-state index in [1.54, 1.807) is 6.92 Å². The van der Waals surface area contributed by atoms with Crippen molar-refractivity contribution in [3.05, 3.63) is 29.8 Å². The minimum Gasteiger partial charge on any atom is -0.335 e. The van der Waals surface area contributed by atoms with E-state index in [2.05, 4.69) is 29.8 Å². The second-order valence-electron chi connectivity index (χ2n) is 5.85. The molecule has 0 bridgehead atoms. The third-order valence-electron chi connectivity index (χ3n) is 3.80. The lowest BCUT2D eigenvalue weighted by Crippen LogP contribution is -2.57. The van der Waals surface area contributed by atoms with Gasteiger partial charge in [-0.3, -0.25) is 14.9 Å². The van der Waals surface area contributed by atoms with Crippen LogP contribution < -0.4 is 16.0 Å². The van der Waals surface area contributed by atoms with E-state index >= 15 is 0 Å². The molecule has 22 heavy (non-hydrogen) atoms. The standard InChI is InChI=1S/C16H21N3O3/c1-9(2)11-6-4-5-7-13(11)18-14(20)8-12-10(3)17-16(22)19-15(12)21/h4-7,9-10,12H,8H2,1-3H3,(H,18,20)(H2,17,19,21,22). The Morgan fingerprint density at radius 3 is 2.59 bits per heavy atom. The fourth-order valence-corrected chi connectivity index (χ4v) is 2.56. The Kier molecular flexibility index (Phi) is 4.80. The Morgan fingerprint density at radius 1 is 1.27 bits per heavy atom. The maximum absolute atomic E-state index is 12.2. The van der Waals surface area contributed by atoms with Crippen LogP contribution in [0.15, 0.2) is 24.3 Å². The number of urea groups is 1. The highest BCUT2D eigenvalue weighted by molar-refractivity contribution is 6.01. The largest absolute Gasteiger partial charge is 0.335 e. The van der Waals surface area contributed by atoms with E-state index in [0.717, 1.165) is 11.3 Å². The zero-order valence-corrected chi connectivity index (χ0v) is 13.0. The molecule has 4 amide bonds. The minimum absolute atomic E-state index is 0.0275. The van der Waals surface area contributed by atoms with Gasteiger partial charge in [-0.15, -0.1) is 0 Å². The summed E-state index contributed by atoms with van der Waals surface area (Å²) in [6.07, 6.45) is 0.0275. The molecule has 2 unspecified atom stereocenters. The molecule has 1 saturated heterocycles. The van der Waals surface area contributed by atoms with Gasteiger partial charge >= 0.3 is 6.03 Å². The lowest BCUT2D eigenvalue weighted by molar-refractivity contribution is -0.129. The van der Waals surface area contributed by atoms with Crippen LogP contribution >= 0.6 is 0 Å². The average Bonchev–Trinajstić information content (AvgIpc) is 2.43. The van der Waals surface area contributed by atoms with Crippen molar-refractivity contribution >= 4 is 23.5 Å². The van der Waals surface area contributed by atoms with Crippen LogP contribution in [-0.4, -0.2) is 23.9 Å². The number of para-hydroxylation sites is 1. The van der Waals surface area contributed by atoms with Crippen molar-refractivity contribution in [3.63, 3.8) is 0 Å². The molecule has 1 fully saturated rings. The van der Waals surface area contributed by atoms with Crippen LogP contribution in [0.1, 0.15) is 38.7 Å². The highest BCUT2D eigenvalue weighted by Gasteiger charge is 2.34. The number of rotatable bonds is 4. The molecule has 2 atom stereocenters. The number of hydrogen-bond acceptors (Lipinski definition) is 3. The normalized spacial score (nSPS) is 21.3. The van der Waals surface area contributed by atoms with E-state index in [0.29, 0.717) is 0 Å². The number of nitrogens with one attached hydrogen (secondary N) is 3. The van der Waals surface area contributed by atoms with Gasteiger partial charge in [-0.2, -0.15) is 0 Å². The fraction of sp³-hybridized carbons (Fsp3) is 0.438. The van der Waals surface area contributed by atoms with Crippen LogP contribution in [-0.2, 0) is 9.59 Å². The number of hydrogen-bond donors (Lipinski definition) is 3. The predicted molar refractivity (Wildman–Crippen MR) is 83.4 cm³/mol. The average molecular weight is 303 g/mol. The molecular weight excluding hydrogens is 282 g/mol. The van der Waals surface area contributed by atoms with Crippen LogP contribution in [0.5, 0.6) is 0 Å². The Hall–Kier alpha value is -2.37. The maximum atomic E-state index is 12.2. The first-order chi connectivity index (χ1) is 10.4. The van der Waals surface area contributed by atoms with Gasteiger partial charge in [-0.25, -0.2) is 4.79 Å². The molecule has 3 N–H and O–H groups in total. The Bertz CT molecular complexity index is 598. The summed E-state index contributed by atoms with van der Waals surface area (Å²) < 4.78 is 0. The first kappa shape index (κ1) is 16.0. The molecule has 2 rings (SSSR count). The van der Waals surface area contributed by atoms with Crippen molar-refractivity contribution in [3.8, 4) is 0 Å². The third kappa shape index (κ3) is 3.63. The van der Waals surface area contributed by atoms with Crippen LogP contribution in [0.25, 0.3) is 0 Å². The van der Waals surface area contributed by atoms with Gasteiger partial charge in [0, 0.05) is 18.2 Å². The highest BCUT2D eigenvalue weighted by Crippen LogP contribution is 2.24. The maximum Gasteiger partial charge on any atom is 0.321 e. The monoisotopic (exact) mass is 303 g/mol. The highest BCUT2D eigenvalue weighted by atomic mass is 16.2. The van der Waals surface area contributed by atoms with E-state index in [1.807, 2.05) is 24.3 Å². The number of anilines is 1. The van der Waals surface area contributed by atoms with Gasteiger partial charge in [0.25, 0.3) is 0 Å². The fourth-order valence-electron chi connectivity index (χ4n) is 2.56. The van der Waals surface area contributed by atoms with Crippen molar-refractivity contribution in [1.82, 2.24) is 10.6 Å². The van der Waals surface area contributed by atoms with Gasteiger partial charge in [-0.1, -0.05) is 32.0 Å². The molecule has 0 saturated carbocycles. The Morgan fingerprint density at radius 2 is 1.95 bits per heavy atom. The van der Waals surface area contributed by atoms with Gasteiger partial charge in [0.1, 0.15) is 0 Å². The van der Waals surface area contributed by atoms with E-state index in [9.17, 15) is 14.4 Å². The third-order valence-corrected chi connectivity index (χ3v) is 3.80. The zero-order chi connectivity index (χ0) is 16.3. The summed E-state index contributed by atoms with van der Waals surface area (Å²) in [6, 6.07) is 6.72. The van der Waals surface area contributed by atoms with Crippen molar-refractivity contribution in [2.45, 2.75) is 39.2 Å². The Labute approximate surface area is 129 Å². The lowest BCUT2D eigenvalue weighted by Gasteiger charge is -2.28. The zero-order valence-electron chi connectivity index (χ0n) is 13.0. The summed E-state index contributed by atoms with van der Waals surface area (Å²) in [7, 11) is 0. The lowest BCUT2D eigenvalue weighted by atomic mass is 9.94. The van der Waals surface area contributed by atoms with Gasteiger partial charge in [0.2, 0.25) is 11.8 Å². The number of benzene rings is 1. The topological polar surface area (TPSA) is 87.3 Å². The smallest absolute Gasteiger partial charge is 0.321 e. The van der Waals surface area contributed by atoms with Crippen LogP contribution in [0.3, 0.4) is 0 Å². The summed E-state index contributed by atoms with van der Waals surface area (Å²) >= 11 is 0. The van der Waals surface area contributed by atoms with E-state index in [1.165, 1.54) is 0 Å². The predicted octanol–water partition coefficient (Wildman–Crippen LogP) is 1.98. The quantitative estimate of drug-likeness (QED) is 0.795. The molecule has 1 aliphatic heterocycles. The van der Waals surface area contributed by atoms with Crippen LogP contribution in [0.4, 0.5) is 10.5 Å². The molecule has 1 heterocycles. The van der Waals surface area contributed by atoms with Crippen molar-refractivity contribution in [2.24, 2.45) is 5.92 Å². The number of carbonyl (C=O) groups is 3. The molecule has 6 heteroatoms. The van der Waals surface area contributed by atoms with Gasteiger partial charge in [0.05, 0.1) is 5.92 Å².